The fourth-order valence-electron chi connectivity index (χ4n) is 3.35. The van der Waals surface area contributed by atoms with E-state index in [1.54, 1.807) is 0 Å². The Bertz CT molecular complexity index is 474. The molecule has 1 aliphatic carbocycles. The van der Waals surface area contributed by atoms with Crippen LogP contribution in [-0.4, -0.2) is 27.3 Å². The maximum atomic E-state index is 12.7. The normalized spacial score (nSPS) is 18.2. The predicted molar refractivity (Wildman–Crippen MR) is 81.1 cm³/mol. The van der Waals surface area contributed by atoms with Crippen LogP contribution in [0.15, 0.2) is 0 Å². The molecule has 0 saturated heterocycles. The number of esters is 1. The van der Waals surface area contributed by atoms with Gasteiger partial charge in [-0.3, -0.25) is 4.79 Å². The van der Waals surface area contributed by atoms with E-state index in [-0.39, 0.29) is 5.97 Å². The molecular formula is C16H27N3O2. The summed E-state index contributed by atoms with van der Waals surface area (Å²) in [5, 5.41) is 8.62. The van der Waals surface area contributed by atoms with Crippen molar-refractivity contribution >= 4 is 5.97 Å². The number of ether oxygens (including phenoxy) is 1. The van der Waals surface area contributed by atoms with Crippen LogP contribution in [0.3, 0.4) is 0 Å². The molecule has 0 unspecified atom stereocenters. The van der Waals surface area contributed by atoms with Gasteiger partial charge in [0.1, 0.15) is 11.2 Å². The second kappa shape index (κ2) is 7.05. The van der Waals surface area contributed by atoms with Crippen molar-refractivity contribution in [2.24, 2.45) is 0 Å². The molecule has 1 fully saturated rings. The number of aryl methyl sites for hydroxylation is 1. The van der Waals surface area contributed by atoms with Gasteiger partial charge in [-0.2, -0.15) is 0 Å². The summed E-state index contributed by atoms with van der Waals surface area (Å²) in [6.07, 6.45) is 7.13. The van der Waals surface area contributed by atoms with E-state index in [0.717, 1.165) is 50.3 Å². The summed E-state index contributed by atoms with van der Waals surface area (Å²) in [4.78, 5) is 12.7. The van der Waals surface area contributed by atoms with E-state index in [4.69, 9.17) is 4.74 Å². The molecule has 0 aromatic carbocycles. The molecular weight excluding hydrogens is 266 g/mol. The number of rotatable bonds is 5. The zero-order valence-electron chi connectivity index (χ0n) is 13.5. The quantitative estimate of drug-likeness (QED) is 0.618. The highest BCUT2D eigenvalue weighted by molar-refractivity contribution is 5.82. The van der Waals surface area contributed by atoms with Gasteiger partial charge < -0.3 is 9.30 Å². The number of hydrogen-bond donors (Lipinski definition) is 0. The van der Waals surface area contributed by atoms with Crippen LogP contribution in [0.1, 0.15) is 70.4 Å². The van der Waals surface area contributed by atoms with Gasteiger partial charge in [-0.15, -0.1) is 10.2 Å². The molecule has 0 N–H and O–H groups in total. The molecule has 1 saturated carbocycles. The first-order chi connectivity index (χ1) is 10.2. The van der Waals surface area contributed by atoms with Crippen molar-refractivity contribution in [1.29, 1.82) is 0 Å². The highest BCUT2D eigenvalue weighted by Crippen LogP contribution is 2.39. The molecule has 0 amide bonds. The molecule has 0 bridgehead atoms. The van der Waals surface area contributed by atoms with Gasteiger partial charge in [0.25, 0.3) is 0 Å². The lowest BCUT2D eigenvalue weighted by molar-refractivity contribution is -0.151. The van der Waals surface area contributed by atoms with Gasteiger partial charge in [0, 0.05) is 6.54 Å². The lowest BCUT2D eigenvalue weighted by atomic mass is 9.79. The third-order valence-electron chi connectivity index (χ3n) is 4.43. The van der Waals surface area contributed by atoms with Gasteiger partial charge in [0.05, 0.1) is 6.61 Å². The van der Waals surface area contributed by atoms with Gasteiger partial charge in [-0.05, 0) is 33.1 Å². The lowest BCUT2D eigenvalue weighted by Gasteiger charge is -2.29. The molecule has 5 nitrogen and oxygen atoms in total. The van der Waals surface area contributed by atoms with Crippen molar-refractivity contribution in [1.82, 2.24) is 14.8 Å². The summed E-state index contributed by atoms with van der Waals surface area (Å²) in [5.41, 5.74) is -0.594. The minimum absolute atomic E-state index is 0.114. The largest absolute Gasteiger partial charge is 0.465 e. The summed E-state index contributed by atoms with van der Waals surface area (Å²) in [5.74, 6) is 1.60. The molecule has 1 heterocycles. The monoisotopic (exact) mass is 293 g/mol. The molecule has 5 heteroatoms. The van der Waals surface area contributed by atoms with E-state index in [1.807, 2.05) is 13.8 Å². The van der Waals surface area contributed by atoms with E-state index >= 15 is 0 Å². The maximum Gasteiger partial charge on any atom is 0.319 e. The number of carbonyl (C=O) groups is 1. The Kier molecular flexibility index (Phi) is 5.37. The van der Waals surface area contributed by atoms with Crippen LogP contribution >= 0.6 is 0 Å². The molecule has 1 aliphatic rings. The van der Waals surface area contributed by atoms with Crippen molar-refractivity contribution in [3.63, 3.8) is 0 Å². The molecule has 21 heavy (non-hydrogen) atoms. The predicted octanol–water partition coefficient (Wildman–Crippen LogP) is 3.15. The third-order valence-corrected chi connectivity index (χ3v) is 4.43. The van der Waals surface area contributed by atoms with E-state index in [9.17, 15) is 4.79 Å². The van der Waals surface area contributed by atoms with Gasteiger partial charge in [-0.25, -0.2) is 0 Å². The van der Waals surface area contributed by atoms with Crippen LogP contribution in [0, 0.1) is 6.92 Å². The Morgan fingerprint density at radius 1 is 1.19 bits per heavy atom. The van der Waals surface area contributed by atoms with Gasteiger partial charge >= 0.3 is 5.97 Å². The lowest BCUT2D eigenvalue weighted by Crippen LogP contribution is -2.40. The van der Waals surface area contributed by atoms with Crippen molar-refractivity contribution in [3.8, 4) is 0 Å². The van der Waals surface area contributed by atoms with Crippen LogP contribution in [0.25, 0.3) is 0 Å². The zero-order chi connectivity index (χ0) is 15.3. The summed E-state index contributed by atoms with van der Waals surface area (Å²) >= 11 is 0. The average molecular weight is 293 g/mol. The average Bonchev–Trinajstić information content (AvgIpc) is 2.70. The Hall–Kier alpha value is -1.39. The minimum Gasteiger partial charge on any atom is -0.465 e. The number of aromatic nitrogens is 3. The van der Waals surface area contributed by atoms with Crippen LogP contribution in [0.4, 0.5) is 0 Å². The molecule has 0 atom stereocenters. The summed E-state index contributed by atoms with van der Waals surface area (Å²) in [6.45, 7) is 7.23. The van der Waals surface area contributed by atoms with Gasteiger partial charge in [-0.1, -0.05) is 32.6 Å². The van der Waals surface area contributed by atoms with Crippen LogP contribution < -0.4 is 0 Å². The fraction of sp³-hybridized carbons (Fsp3) is 0.812. The Balaban J connectivity index is 2.45. The summed E-state index contributed by atoms with van der Waals surface area (Å²) in [6, 6.07) is 0. The summed E-state index contributed by atoms with van der Waals surface area (Å²) in [7, 11) is 0. The van der Waals surface area contributed by atoms with Crippen molar-refractivity contribution < 1.29 is 9.53 Å². The molecule has 0 radical (unpaired) electrons. The smallest absolute Gasteiger partial charge is 0.319 e. The van der Waals surface area contributed by atoms with E-state index in [0.29, 0.717) is 6.61 Å². The molecule has 0 aliphatic heterocycles. The third kappa shape index (κ3) is 3.11. The van der Waals surface area contributed by atoms with Crippen LogP contribution in [0.5, 0.6) is 0 Å². The Morgan fingerprint density at radius 2 is 1.86 bits per heavy atom. The van der Waals surface area contributed by atoms with Crippen molar-refractivity contribution in [2.45, 2.75) is 77.7 Å². The van der Waals surface area contributed by atoms with E-state index in [2.05, 4.69) is 21.7 Å². The summed E-state index contributed by atoms with van der Waals surface area (Å²) < 4.78 is 7.53. The zero-order valence-corrected chi connectivity index (χ0v) is 13.5. The molecule has 2 rings (SSSR count). The van der Waals surface area contributed by atoms with Crippen molar-refractivity contribution in [3.05, 3.63) is 11.6 Å². The second-order valence-electron chi connectivity index (χ2n) is 5.94. The van der Waals surface area contributed by atoms with E-state index < -0.39 is 5.41 Å². The van der Waals surface area contributed by atoms with Gasteiger partial charge in [0.2, 0.25) is 0 Å². The maximum absolute atomic E-state index is 12.7. The molecule has 0 spiro atoms. The standard InChI is InChI=1S/C16H27N3O2/c1-4-12-19-13(3)17-18-14(19)16(15(20)21-5-2)10-8-6-7-9-11-16/h4-12H2,1-3H3. The van der Waals surface area contributed by atoms with Gasteiger partial charge in [0.15, 0.2) is 5.82 Å². The number of hydrogen-bond acceptors (Lipinski definition) is 4. The van der Waals surface area contributed by atoms with Crippen molar-refractivity contribution in [2.75, 3.05) is 6.61 Å². The first-order valence-corrected chi connectivity index (χ1v) is 8.23. The molecule has 1 aromatic heterocycles. The first-order valence-electron chi connectivity index (χ1n) is 8.23. The van der Waals surface area contributed by atoms with Crippen LogP contribution in [-0.2, 0) is 21.5 Å². The molecule has 118 valence electrons. The number of carbonyl (C=O) groups excluding carboxylic acids is 1. The number of nitrogens with zero attached hydrogens (tertiary/aromatic N) is 3. The SMILES string of the molecule is CCCn1c(C)nnc1C1(C(=O)OCC)CCCCCC1. The topological polar surface area (TPSA) is 57.0 Å². The first kappa shape index (κ1) is 16.0. The second-order valence-corrected chi connectivity index (χ2v) is 5.94. The Morgan fingerprint density at radius 3 is 2.43 bits per heavy atom. The highest BCUT2D eigenvalue weighted by atomic mass is 16.5. The van der Waals surface area contributed by atoms with Crippen LogP contribution in [0.2, 0.25) is 0 Å². The highest BCUT2D eigenvalue weighted by Gasteiger charge is 2.46. The van der Waals surface area contributed by atoms with E-state index in [1.165, 1.54) is 12.8 Å². The Labute approximate surface area is 127 Å². The minimum atomic E-state index is -0.594. The fourth-order valence-corrected chi connectivity index (χ4v) is 3.35. The molecule has 1 aromatic rings.